The van der Waals surface area contributed by atoms with E-state index in [1.54, 1.807) is 0 Å². The van der Waals surface area contributed by atoms with Crippen molar-refractivity contribution in [3.63, 3.8) is 0 Å². The molecule has 7 nitrogen and oxygen atoms in total. The van der Waals surface area contributed by atoms with E-state index in [1.807, 2.05) is 6.08 Å². The number of allylic oxidation sites excluding steroid dienone is 1. The van der Waals surface area contributed by atoms with Crippen LogP contribution in [0.1, 0.15) is 77.5 Å². The number of ether oxygens (including phenoxy) is 1. The van der Waals surface area contributed by atoms with Crippen LogP contribution in [0.3, 0.4) is 0 Å². The number of rotatable bonds is 8. The lowest BCUT2D eigenvalue weighted by molar-refractivity contribution is -0.113. The zero-order valence-corrected chi connectivity index (χ0v) is 20.2. The van der Waals surface area contributed by atoms with Crippen molar-refractivity contribution >= 4 is 40.0 Å². The molecule has 1 amide bonds. The van der Waals surface area contributed by atoms with E-state index >= 15 is 0 Å². The van der Waals surface area contributed by atoms with E-state index in [9.17, 15) is 9.59 Å². The molecule has 0 aliphatic heterocycles. The summed E-state index contributed by atoms with van der Waals surface area (Å²) in [6.45, 7) is 4.49. The third kappa shape index (κ3) is 4.93. The van der Waals surface area contributed by atoms with Crippen LogP contribution in [0.25, 0.3) is 0 Å². The molecule has 1 fully saturated rings. The van der Waals surface area contributed by atoms with Crippen LogP contribution in [0, 0.1) is 0 Å². The highest BCUT2D eigenvalue weighted by atomic mass is 32.2. The average Bonchev–Trinajstić information content (AvgIpc) is 3.48. The van der Waals surface area contributed by atoms with Crippen molar-refractivity contribution in [2.45, 2.75) is 75.4 Å². The summed E-state index contributed by atoms with van der Waals surface area (Å²) in [4.78, 5) is 26.5. The van der Waals surface area contributed by atoms with Crippen LogP contribution in [0.4, 0.5) is 5.00 Å². The highest BCUT2D eigenvalue weighted by Crippen LogP contribution is 2.38. The molecule has 2 aliphatic carbocycles. The van der Waals surface area contributed by atoms with Crippen molar-refractivity contribution in [1.29, 1.82) is 0 Å². The Bertz CT molecular complexity index is 992. The summed E-state index contributed by atoms with van der Waals surface area (Å²) in [5, 5.41) is 13.1. The molecule has 32 heavy (non-hydrogen) atoms. The van der Waals surface area contributed by atoms with Crippen molar-refractivity contribution in [3.05, 3.63) is 34.5 Å². The van der Waals surface area contributed by atoms with Crippen molar-refractivity contribution in [3.8, 4) is 0 Å². The lowest BCUT2D eigenvalue weighted by atomic mass is 10.1. The van der Waals surface area contributed by atoms with Gasteiger partial charge in [-0.25, -0.2) is 4.79 Å². The number of carbonyl (C=O) groups excluding carboxylic acids is 2. The van der Waals surface area contributed by atoms with Crippen LogP contribution in [-0.2, 0) is 28.9 Å². The first-order valence-electron chi connectivity index (χ1n) is 11.3. The summed E-state index contributed by atoms with van der Waals surface area (Å²) < 4.78 is 7.10. The molecular formula is C23H30N4O3S2. The average molecular weight is 475 g/mol. The van der Waals surface area contributed by atoms with Crippen molar-refractivity contribution < 1.29 is 14.3 Å². The number of fused-ring (bicyclic) bond motifs is 1. The number of nitrogens with zero attached hydrogens (tertiary/aromatic N) is 3. The first-order chi connectivity index (χ1) is 15.6. The minimum absolute atomic E-state index is 0.160. The fourth-order valence-corrected chi connectivity index (χ4v) is 6.68. The quantitative estimate of drug-likeness (QED) is 0.252. The van der Waals surface area contributed by atoms with Gasteiger partial charge in [-0.15, -0.1) is 28.1 Å². The Morgan fingerprint density at radius 1 is 1.22 bits per heavy atom. The van der Waals surface area contributed by atoms with Gasteiger partial charge in [0.1, 0.15) is 10.8 Å². The molecule has 172 valence electrons. The Morgan fingerprint density at radius 2 is 2.00 bits per heavy atom. The van der Waals surface area contributed by atoms with Gasteiger partial charge in [0.15, 0.2) is 5.16 Å². The van der Waals surface area contributed by atoms with E-state index in [1.165, 1.54) is 47.9 Å². The van der Waals surface area contributed by atoms with Gasteiger partial charge < -0.3 is 14.6 Å². The Kier molecular flexibility index (Phi) is 7.67. The molecule has 9 heteroatoms. The minimum Gasteiger partial charge on any atom is -0.465 e. The SMILES string of the molecule is C=CCn1c(SCC(=O)Nc2sc3c(c2C(=O)OC)CCCCC3)nnc1C1CCCC1. The molecule has 2 aromatic rings. The van der Waals surface area contributed by atoms with Gasteiger partial charge in [0.05, 0.1) is 18.4 Å². The van der Waals surface area contributed by atoms with Crippen LogP contribution >= 0.6 is 23.1 Å². The highest BCUT2D eigenvalue weighted by molar-refractivity contribution is 7.99. The lowest BCUT2D eigenvalue weighted by Gasteiger charge is -2.12. The van der Waals surface area contributed by atoms with E-state index in [4.69, 9.17) is 4.74 Å². The Hall–Kier alpha value is -2.13. The Balaban J connectivity index is 1.47. The van der Waals surface area contributed by atoms with Gasteiger partial charge in [0, 0.05) is 17.3 Å². The minimum atomic E-state index is -0.376. The van der Waals surface area contributed by atoms with Gasteiger partial charge >= 0.3 is 5.97 Å². The second kappa shape index (κ2) is 10.7. The summed E-state index contributed by atoms with van der Waals surface area (Å²) in [6, 6.07) is 0. The molecule has 0 radical (unpaired) electrons. The smallest absolute Gasteiger partial charge is 0.341 e. The van der Waals surface area contributed by atoms with Gasteiger partial charge in [-0.1, -0.05) is 37.1 Å². The standard InChI is InChI=1S/C23H30N4O3S2/c1-3-13-27-20(15-9-7-8-10-15)25-26-23(27)31-14-18(28)24-21-19(22(29)30-2)16-11-5-4-6-12-17(16)32-21/h3,15H,1,4-14H2,2H3,(H,24,28). The van der Waals surface area contributed by atoms with E-state index in [-0.39, 0.29) is 17.6 Å². The first-order valence-corrected chi connectivity index (χ1v) is 13.1. The number of aryl methyl sites for hydroxylation is 1. The summed E-state index contributed by atoms with van der Waals surface area (Å²) in [7, 11) is 1.39. The van der Waals surface area contributed by atoms with Gasteiger partial charge in [-0.05, 0) is 44.1 Å². The van der Waals surface area contributed by atoms with Gasteiger partial charge in [-0.3, -0.25) is 4.79 Å². The van der Waals surface area contributed by atoms with Crippen LogP contribution in [0.15, 0.2) is 17.8 Å². The molecule has 0 bridgehead atoms. The fraction of sp³-hybridized carbons (Fsp3) is 0.565. The Morgan fingerprint density at radius 3 is 2.75 bits per heavy atom. The van der Waals surface area contributed by atoms with Crippen molar-refractivity contribution in [1.82, 2.24) is 14.8 Å². The monoisotopic (exact) mass is 474 g/mol. The zero-order chi connectivity index (χ0) is 22.5. The van der Waals surface area contributed by atoms with Gasteiger partial charge in [0.25, 0.3) is 0 Å². The maximum Gasteiger partial charge on any atom is 0.341 e. The highest BCUT2D eigenvalue weighted by Gasteiger charge is 2.27. The molecule has 2 aromatic heterocycles. The van der Waals surface area contributed by atoms with Crippen LogP contribution in [0.5, 0.6) is 0 Å². The number of esters is 1. The molecule has 2 heterocycles. The van der Waals surface area contributed by atoms with E-state index in [0.29, 0.717) is 23.0 Å². The number of carbonyl (C=O) groups is 2. The van der Waals surface area contributed by atoms with Crippen LogP contribution in [-0.4, -0.2) is 39.5 Å². The second-order valence-electron chi connectivity index (χ2n) is 8.32. The number of aromatic nitrogens is 3. The Labute approximate surface area is 197 Å². The van der Waals surface area contributed by atoms with Crippen molar-refractivity contribution in [2.24, 2.45) is 0 Å². The largest absolute Gasteiger partial charge is 0.465 e. The summed E-state index contributed by atoms with van der Waals surface area (Å²) in [6.07, 6.45) is 11.7. The number of anilines is 1. The molecule has 0 aromatic carbocycles. The molecule has 0 atom stereocenters. The fourth-order valence-electron chi connectivity index (χ4n) is 4.64. The predicted octanol–water partition coefficient (Wildman–Crippen LogP) is 4.97. The summed E-state index contributed by atoms with van der Waals surface area (Å²) in [5.74, 6) is 1.10. The number of thioether (sulfide) groups is 1. The second-order valence-corrected chi connectivity index (χ2v) is 10.4. The van der Waals surface area contributed by atoms with E-state index in [2.05, 4.69) is 26.7 Å². The number of amides is 1. The number of hydrogen-bond donors (Lipinski definition) is 1. The number of nitrogens with one attached hydrogen (secondary N) is 1. The zero-order valence-electron chi connectivity index (χ0n) is 18.5. The van der Waals surface area contributed by atoms with Crippen LogP contribution < -0.4 is 5.32 Å². The number of thiophene rings is 1. The van der Waals surface area contributed by atoms with Gasteiger partial charge in [-0.2, -0.15) is 0 Å². The molecule has 0 saturated heterocycles. The topological polar surface area (TPSA) is 86.1 Å². The molecule has 1 saturated carbocycles. The molecular weight excluding hydrogens is 444 g/mol. The maximum atomic E-state index is 12.8. The third-order valence-corrected chi connectivity index (χ3v) is 8.35. The predicted molar refractivity (Wildman–Crippen MR) is 128 cm³/mol. The summed E-state index contributed by atoms with van der Waals surface area (Å²) in [5.41, 5.74) is 1.58. The molecule has 4 rings (SSSR count). The molecule has 0 unspecified atom stereocenters. The summed E-state index contributed by atoms with van der Waals surface area (Å²) >= 11 is 2.88. The molecule has 2 aliphatic rings. The van der Waals surface area contributed by atoms with Crippen LogP contribution in [0.2, 0.25) is 0 Å². The van der Waals surface area contributed by atoms with E-state index < -0.39 is 0 Å². The number of hydrogen-bond acceptors (Lipinski definition) is 7. The first kappa shape index (κ1) is 23.0. The molecule has 0 spiro atoms. The van der Waals surface area contributed by atoms with Crippen molar-refractivity contribution in [2.75, 3.05) is 18.2 Å². The van der Waals surface area contributed by atoms with E-state index in [0.717, 1.165) is 61.5 Å². The lowest BCUT2D eigenvalue weighted by Crippen LogP contribution is -2.17. The maximum absolute atomic E-state index is 12.8. The number of methoxy groups -OCH3 is 1. The molecule has 1 N–H and O–H groups in total. The van der Waals surface area contributed by atoms with Gasteiger partial charge in [0.2, 0.25) is 5.91 Å². The third-order valence-electron chi connectivity index (χ3n) is 6.17. The normalized spacial score (nSPS) is 16.4.